The summed E-state index contributed by atoms with van der Waals surface area (Å²) in [5.74, 6) is 1.62. The van der Waals surface area contributed by atoms with E-state index in [-0.39, 0.29) is 18.3 Å². The molecule has 1 heterocycles. The van der Waals surface area contributed by atoms with Crippen molar-refractivity contribution in [1.82, 2.24) is 10.2 Å². The molecule has 0 aliphatic heterocycles. The van der Waals surface area contributed by atoms with Crippen molar-refractivity contribution in [2.24, 2.45) is 0 Å². The zero-order valence-corrected chi connectivity index (χ0v) is 15.8. The molecule has 0 atom stereocenters. The largest absolute Gasteiger partial charge is 0.495 e. The lowest BCUT2D eigenvalue weighted by Gasteiger charge is -2.10. The fourth-order valence-electron chi connectivity index (χ4n) is 2.25. The highest BCUT2D eigenvalue weighted by atomic mass is 32.2. The third kappa shape index (κ3) is 5.49. The van der Waals surface area contributed by atoms with Gasteiger partial charge in [0.15, 0.2) is 6.61 Å². The van der Waals surface area contributed by atoms with E-state index in [4.69, 9.17) is 13.9 Å². The quantitative estimate of drug-likeness (QED) is 0.592. The maximum atomic E-state index is 12.2. The minimum Gasteiger partial charge on any atom is -0.495 e. The van der Waals surface area contributed by atoms with E-state index in [1.54, 1.807) is 7.11 Å². The first-order chi connectivity index (χ1) is 13.1. The smallest absolute Gasteiger partial charge is 0.277 e. The number of benzene rings is 2. The molecule has 1 amide bonds. The van der Waals surface area contributed by atoms with E-state index < -0.39 is 0 Å². The van der Waals surface area contributed by atoms with Crippen molar-refractivity contribution in [2.45, 2.75) is 18.8 Å². The summed E-state index contributed by atoms with van der Waals surface area (Å²) in [6, 6.07) is 14.9. The molecule has 2 aromatic carbocycles. The molecule has 8 heteroatoms. The third-order valence-electron chi connectivity index (χ3n) is 3.51. The maximum Gasteiger partial charge on any atom is 0.277 e. The van der Waals surface area contributed by atoms with Gasteiger partial charge in [-0.05, 0) is 36.8 Å². The van der Waals surface area contributed by atoms with Crippen LogP contribution in [0.15, 0.2) is 58.2 Å². The molecule has 0 radical (unpaired) electrons. The summed E-state index contributed by atoms with van der Waals surface area (Å²) in [5, 5.41) is 11.0. The molecule has 27 heavy (non-hydrogen) atoms. The number of aromatic nitrogens is 2. The fraction of sp³-hybridized carbons (Fsp3) is 0.211. The zero-order valence-electron chi connectivity index (χ0n) is 15.0. The van der Waals surface area contributed by atoms with Crippen molar-refractivity contribution in [3.05, 3.63) is 60.0 Å². The Hall–Kier alpha value is -3.00. The van der Waals surface area contributed by atoms with Crippen LogP contribution in [-0.4, -0.2) is 29.0 Å². The Kier molecular flexibility index (Phi) is 6.32. The van der Waals surface area contributed by atoms with Crippen LogP contribution in [0.2, 0.25) is 0 Å². The molecule has 0 aliphatic rings. The van der Waals surface area contributed by atoms with Gasteiger partial charge in [0.1, 0.15) is 11.5 Å². The number of nitrogens with zero attached hydrogens (tertiary/aromatic N) is 2. The molecule has 3 rings (SSSR count). The van der Waals surface area contributed by atoms with Gasteiger partial charge < -0.3 is 19.2 Å². The van der Waals surface area contributed by atoms with Crippen LogP contribution in [0.25, 0.3) is 0 Å². The van der Waals surface area contributed by atoms with Gasteiger partial charge in [-0.1, -0.05) is 36.0 Å². The number of anilines is 1. The first-order valence-corrected chi connectivity index (χ1v) is 9.20. The standard InChI is InChI=1S/C19H19N3O4S/c1-13-8-9-16(24-2)15(10-13)20-17(23)12-27-19-22-21-18(26-19)11-25-14-6-4-3-5-7-14/h3-10H,11-12H2,1-2H3,(H,20,23). The number of ether oxygens (including phenoxy) is 2. The van der Waals surface area contributed by atoms with Gasteiger partial charge in [-0.3, -0.25) is 4.79 Å². The Morgan fingerprint density at radius 3 is 2.78 bits per heavy atom. The minimum absolute atomic E-state index is 0.137. The predicted octanol–water partition coefficient (Wildman–Crippen LogP) is 3.70. The van der Waals surface area contributed by atoms with Gasteiger partial charge in [-0.15, -0.1) is 10.2 Å². The number of thioether (sulfide) groups is 1. The molecule has 140 valence electrons. The van der Waals surface area contributed by atoms with Crippen LogP contribution in [0.1, 0.15) is 11.5 Å². The van der Waals surface area contributed by atoms with E-state index in [9.17, 15) is 4.79 Å². The van der Waals surface area contributed by atoms with Crippen molar-refractivity contribution in [2.75, 3.05) is 18.2 Å². The highest BCUT2D eigenvalue weighted by molar-refractivity contribution is 7.99. The van der Waals surface area contributed by atoms with Gasteiger partial charge in [-0.25, -0.2) is 0 Å². The normalized spacial score (nSPS) is 10.4. The molecule has 7 nitrogen and oxygen atoms in total. The summed E-state index contributed by atoms with van der Waals surface area (Å²) in [7, 11) is 1.56. The summed E-state index contributed by atoms with van der Waals surface area (Å²) >= 11 is 1.16. The first-order valence-electron chi connectivity index (χ1n) is 8.21. The second kappa shape index (κ2) is 9.09. The summed E-state index contributed by atoms with van der Waals surface area (Å²) in [6.45, 7) is 2.12. The number of amides is 1. The first kappa shape index (κ1) is 18.8. The highest BCUT2D eigenvalue weighted by Gasteiger charge is 2.12. The van der Waals surface area contributed by atoms with E-state index >= 15 is 0 Å². The Morgan fingerprint density at radius 1 is 1.19 bits per heavy atom. The summed E-state index contributed by atoms with van der Waals surface area (Å²) in [6.07, 6.45) is 0. The summed E-state index contributed by atoms with van der Waals surface area (Å²) < 4.78 is 16.3. The van der Waals surface area contributed by atoms with Gasteiger partial charge in [0.05, 0.1) is 18.6 Å². The van der Waals surface area contributed by atoms with Crippen molar-refractivity contribution in [3.63, 3.8) is 0 Å². The van der Waals surface area contributed by atoms with Crippen molar-refractivity contribution >= 4 is 23.4 Å². The molecular formula is C19H19N3O4S. The number of carbonyl (C=O) groups is 1. The van der Waals surface area contributed by atoms with Gasteiger partial charge in [-0.2, -0.15) is 0 Å². The number of hydrogen-bond donors (Lipinski definition) is 1. The number of para-hydroxylation sites is 1. The monoisotopic (exact) mass is 385 g/mol. The van der Waals surface area contributed by atoms with Gasteiger partial charge in [0.2, 0.25) is 5.91 Å². The van der Waals surface area contributed by atoms with Gasteiger partial charge in [0.25, 0.3) is 11.1 Å². The van der Waals surface area contributed by atoms with Crippen molar-refractivity contribution < 1.29 is 18.7 Å². The second-order valence-corrected chi connectivity index (χ2v) is 6.53. The Balaban J connectivity index is 1.49. The van der Waals surface area contributed by atoms with E-state index in [0.717, 1.165) is 23.1 Å². The third-order valence-corrected chi connectivity index (χ3v) is 4.33. The Morgan fingerprint density at radius 2 is 2.00 bits per heavy atom. The molecular weight excluding hydrogens is 366 g/mol. The molecule has 3 aromatic rings. The van der Waals surface area contributed by atoms with Crippen LogP contribution < -0.4 is 14.8 Å². The minimum atomic E-state index is -0.191. The van der Waals surface area contributed by atoms with Gasteiger partial charge >= 0.3 is 0 Å². The molecule has 0 fully saturated rings. The fourth-order valence-corrected chi connectivity index (χ4v) is 2.83. The number of methoxy groups -OCH3 is 1. The molecule has 0 saturated heterocycles. The molecule has 0 unspecified atom stereocenters. The number of aryl methyl sites for hydroxylation is 1. The van der Waals surface area contributed by atoms with Gasteiger partial charge in [0, 0.05) is 0 Å². The number of nitrogens with one attached hydrogen (secondary N) is 1. The second-order valence-electron chi connectivity index (χ2n) is 5.60. The SMILES string of the molecule is COc1ccc(C)cc1NC(=O)CSc1nnc(COc2ccccc2)o1. The van der Waals surface area contributed by atoms with E-state index in [2.05, 4.69) is 15.5 Å². The average Bonchev–Trinajstić information content (AvgIpc) is 3.14. The molecule has 0 spiro atoms. The topological polar surface area (TPSA) is 86.5 Å². The van der Waals surface area contributed by atoms with E-state index in [1.807, 2.05) is 55.5 Å². The van der Waals surface area contributed by atoms with Crippen LogP contribution >= 0.6 is 11.8 Å². The molecule has 0 aliphatic carbocycles. The maximum absolute atomic E-state index is 12.2. The Labute approximate surface area is 161 Å². The Bertz CT molecular complexity index is 899. The van der Waals surface area contributed by atoms with Crippen LogP contribution in [0, 0.1) is 6.92 Å². The van der Waals surface area contributed by atoms with Crippen LogP contribution in [-0.2, 0) is 11.4 Å². The lowest BCUT2D eigenvalue weighted by Crippen LogP contribution is -2.14. The van der Waals surface area contributed by atoms with Crippen LogP contribution in [0.4, 0.5) is 5.69 Å². The summed E-state index contributed by atoms with van der Waals surface area (Å²) in [5.41, 5.74) is 1.66. The predicted molar refractivity (Wildman–Crippen MR) is 102 cm³/mol. The van der Waals surface area contributed by atoms with E-state index in [1.165, 1.54) is 0 Å². The average molecular weight is 385 g/mol. The lowest BCUT2D eigenvalue weighted by molar-refractivity contribution is -0.113. The lowest BCUT2D eigenvalue weighted by atomic mass is 10.2. The molecule has 1 N–H and O–H groups in total. The molecule has 0 saturated carbocycles. The zero-order chi connectivity index (χ0) is 19.1. The van der Waals surface area contributed by atoms with Crippen LogP contribution in [0.5, 0.6) is 11.5 Å². The summed E-state index contributed by atoms with van der Waals surface area (Å²) in [4.78, 5) is 12.2. The molecule has 0 bridgehead atoms. The highest BCUT2D eigenvalue weighted by Crippen LogP contribution is 2.26. The van der Waals surface area contributed by atoms with Crippen LogP contribution in [0.3, 0.4) is 0 Å². The number of rotatable bonds is 8. The van der Waals surface area contributed by atoms with Crippen molar-refractivity contribution in [3.8, 4) is 11.5 Å². The molecule has 1 aromatic heterocycles. The van der Waals surface area contributed by atoms with Crippen molar-refractivity contribution in [1.29, 1.82) is 0 Å². The number of carbonyl (C=O) groups excluding carboxylic acids is 1. The number of hydrogen-bond acceptors (Lipinski definition) is 7. The van der Waals surface area contributed by atoms with E-state index in [0.29, 0.717) is 22.6 Å².